The van der Waals surface area contributed by atoms with Crippen LogP contribution in [0.15, 0.2) is 0 Å². The van der Waals surface area contributed by atoms with E-state index >= 15 is 0 Å². The van der Waals surface area contributed by atoms with Gasteiger partial charge in [0.1, 0.15) is 0 Å². The van der Waals surface area contributed by atoms with Crippen LogP contribution in [0.2, 0.25) is 0 Å². The summed E-state index contributed by atoms with van der Waals surface area (Å²) in [4.78, 5) is 0. The minimum atomic E-state index is -5.75. The molecule has 0 aliphatic rings. The Morgan fingerprint density at radius 1 is 0.471 bits per heavy atom. The molecule has 0 spiro atoms. The summed E-state index contributed by atoms with van der Waals surface area (Å²) in [6, 6.07) is 0. The van der Waals surface area contributed by atoms with E-state index in [0.29, 0.717) is 0 Å². The van der Waals surface area contributed by atoms with Crippen LogP contribution >= 0.6 is 0 Å². The molecule has 0 unspecified atom stereocenters. The van der Waals surface area contributed by atoms with Crippen molar-refractivity contribution in [1.29, 1.82) is 0 Å². The van der Waals surface area contributed by atoms with Gasteiger partial charge in [-0.3, -0.25) is 0 Å². The van der Waals surface area contributed by atoms with E-state index in [4.69, 9.17) is 47.8 Å². The summed E-state index contributed by atoms with van der Waals surface area (Å²) in [5, 5.41) is 0. The molecule has 0 fully saturated rings. The second-order valence-electron chi connectivity index (χ2n) is 1.22. The Morgan fingerprint density at radius 2 is 0.471 bits per heavy atom. The molecular weight excluding hydrogens is 669 g/mol. The van der Waals surface area contributed by atoms with Gasteiger partial charge in [0.2, 0.25) is 0 Å². The summed E-state index contributed by atoms with van der Waals surface area (Å²) in [7, 11) is 0. The van der Waals surface area contributed by atoms with Gasteiger partial charge in [-0.1, -0.05) is 0 Å². The maximum Gasteiger partial charge on any atom is 0 e. The van der Waals surface area contributed by atoms with Crippen molar-refractivity contribution in [3.05, 3.63) is 0 Å². The van der Waals surface area contributed by atoms with Crippen molar-refractivity contribution >= 4 is 48.9 Å². The fourth-order valence-corrected chi connectivity index (χ4v) is 0. The standard InChI is InChI=1S/Ba.3Cr.12O.W/q+2;;;;;;;;;;6*-1;. The second-order valence-corrected chi connectivity index (χ2v) is 5.05. The first-order chi connectivity index (χ1) is 6.00. The van der Waals surface area contributed by atoms with Crippen molar-refractivity contribution in [2.45, 2.75) is 0 Å². The average molecular weight is 669 g/mol. The molecule has 17 heteroatoms. The molecule has 0 atom stereocenters. The third kappa shape index (κ3) is 850. The molecule has 0 aromatic rings. The van der Waals surface area contributed by atoms with Crippen LogP contribution in [0.3, 0.4) is 0 Å². The van der Waals surface area contributed by atoms with Gasteiger partial charge in [-0.05, 0) is 0 Å². The van der Waals surface area contributed by atoms with E-state index in [0.717, 1.165) is 0 Å². The average Bonchev–Trinajstić information content (AvgIpc) is 1.41. The third-order valence-electron chi connectivity index (χ3n) is 0. The van der Waals surface area contributed by atoms with Gasteiger partial charge in [0.15, 0.2) is 0 Å². The fourth-order valence-electron chi connectivity index (χ4n) is 0. The molecule has 0 amide bonds. The van der Waals surface area contributed by atoms with Crippen molar-refractivity contribution in [1.82, 2.24) is 0 Å². The van der Waals surface area contributed by atoms with Crippen LogP contribution < -0.4 is 24.9 Å². The van der Waals surface area contributed by atoms with Crippen LogP contribution in [0, 0.1) is 0 Å². The quantitative estimate of drug-likeness (QED) is 0.219. The van der Waals surface area contributed by atoms with Crippen molar-refractivity contribution in [3.8, 4) is 0 Å². The van der Waals surface area contributed by atoms with E-state index in [2.05, 4.69) is 0 Å². The first-order valence-electron chi connectivity index (χ1n) is 2.00. The summed E-state index contributed by atoms with van der Waals surface area (Å²) in [6.45, 7) is 0. The first-order valence-corrected chi connectivity index (χ1v) is 8.25. The van der Waals surface area contributed by atoms with Crippen LogP contribution in [-0.4, -0.2) is 48.9 Å². The largest absolute Gasteiger partial charge is 0 e. The van der Waals surface area contributed by atoms with Gasteiger partial charge in [-0.2, -0.15) is 0 Å². The molecule has 12 nitrogen and oxygen atoms in total. The molecule has 0 radical (unpaired) electrons. The predicted octanol–water partition coefficient (Wildman–Crippen LogP) is -8.24. The number of rotatable bonds is 0. The smallest absolute Gasteiger partial charge is 0 e. The van der Waals surface area contributed by atoms with Crippen molar-refractivity contribution < 1.29 is 110 Å². The van der Waals surface area contributed by atoms with E-state index < -0.39 is 40.8 Å². The zero-order valence-electron chi connectivity index (χ0n) is 7.24. The van der Waals surface area contributed by atoms with Crippen molar-refractivity contribution in [2.75, 3.05) is 0 Å². The molecule has 0 N–H and O–H groups in total. The molecule has 0 aromatic carbocycles. The summed E-state index contributed by atoms with van der Waals surface area (Å²) in [5.74, 6) is 0. The van der Waals surface area contributed by atoms with Gasteiger partial charge in [-0.25, -0.2) is 0 Å². The molecule has 0 aromatic heterocycles. The number of hydrogen-bond acceptors (Lipinski definition) is 12. The van der Waals surface area contributed by atoms with E-state index in [1.165, 1.54) is 0 Å². The Labute approximate surface area is 156 Å². The van der Waals surface area contributed by atoms with Gasteiger partial charge < -0.3 is 0 Å². The predicted molar refractivity (Wildman–Crippen MR) is 9.87 cm³/mol. The minimum absolute atomic E-state index is 0. The van der Waals surface area contributed by atoms with Crippen LogP contribution in [0.25, 0.3) is 0 Å². The van der Waals surface area contributed by atoms with E-state index in [1.54, 1.807) is 0 Å². The Balaban J connectivity index is -0.0000000400. The van der Waals surface area contributed by atoms with E-state index in [-0.39, 0.29) is 69.9 Å². The molecule has 102 valence electrons. The molecule has 0 bridgehead atoms. The van der Waals surface area contributed by atoms with Crippen molar-refractivity contribution in [3.63, 3.8) is 0 Å². The molecule has 0 heterocycles. The Bertz CT molecular complexity index is 343. The van der Waals surface area contributed by atoms with Crippen LogP contribution in [0.4, 0.5) is 0 Å². The molecule has 0 saturated heterocycles. The van der Waals surface area contributed by atoms with Gasteiger partial charge in [0, 0.05) is 21.1 Å². The normalized spacial score (nSPS) is 10.2. The molecular formula is BaCr3O12W-4. The second kappa shape index (κ2) is 13.4. The Kier molecular flexibility index (Phi) is 25.0. The summed E-state index contributed by atoms with van der Waals surface area (Å²) in [6.07, 6.45) is 0. The molecule has 0 saturated carbocycles. The molecule has 0 aliphatic carbocycles. The minimum Gasteiger partial charge on any atom is 0 e. The molecule has 0 aliphatic heterocycles. The first kappa shape index (κ1) is 31.7. The SMILES string of the molecule is [Ba+2].[O]=[Cr](=[O])([O-])[O-].[O]=[Cr](=[O])([O-])[O-].[O]=[Cr](=[O])([O-])[O-].[W]. The zero-order chi connectivity index (χ0) is 13.5. The maximum atomic E-state index is 8.59. The molecule has 0 rings (SSSR count). The van der Waals surface area contributed by atoms with Gasteiger partial charge in [0.25, 0.3) is 0 Å². The van der Waals surface area contributed by atoms with Gasteiger partial charge in [0.05, 0.1) is 0 Å². The van der Waals surface area contributed by atoms with E-state index in [9.17, 15) is 0 Å². The monoisotopic (exact) mass is 670 g/mol. The molecule has 17 heavy (non-hydrogen) atoms. The zero-order valence-corrected chi connectivity index (χ0v) is 18.4. The Hall–Kier alpha value is 2.42. The van der Waals surface area contributed by atoms with Crippen LogP contribution in [-0.2, 0) is 84.7 Å². The van der Waals surface area contributed by atoms with E-state index in [1.807, 2.05) is 0 Å². The summed E-state index contributed by atoms with van der Waals surface area (Å²) in [5.41, 5.74) is 0. The van der Waals surface area contributed by atoms with Crippen LogP contribution in [0.5, 0.6) is 0 Å². The van der Waals surface area contributed by atoms with Crippen molar-refractivity contribution in [2.24, 2.45) is 0 Å². The van der Waals surface area contributed by atoms with Gasteiger partial charge >= 0.3 is 137 Å². The maximum absolute atomic E-state index is 8.59. The Morgan fingerprint density at radius 3 is 0.471 bits per heavy atom. The third-order valence-corrected chi connectivity index (χ3v) is 0. The van der Waals surface area contributed by atoms with Crippen LogP contribution in [0.1, 0.15) is 0 Å². The van der Waals surface area contributed by atoms with Gasteiger partial charge in [-0.15, -0.1) is 0 Å². The fraction of sp³-hybridized carbons (Fsp3) is 0. The summed E-state index contributed by atoms with van der Waals surface area (Å²) < 4.78 is 103. The topological polar surface area (TPSA) is 241 Å². The summed E-state index contributed by atoms with van der Waals surface area (Å²) >= 11 is -17.2. The number of hydrogen-bond donors (Lipinski definition) is 0.